The monoisotopic (exact) mass is 234 g/mol. The molecule has 1 heteroatoms. The van der Waals surface area contributed by atoms with E-state index < -0.39 is 0 Å². The molecule has 0 fully saturated rings. The number of furan rings is 1. The molecule has 0 bridgehead atoms. The van der Waals surface area contributed by atoms with Crippen molar-refractivity contribution in [2.24, 2.45) is 0 Å². The summed E-state index contributed by atoms with van der Waals surface area (Å²) < 4.78 is 5.52. The summed E-state index contributed by atoms with van der Waals surface area (Å²) in [4.78, 5) is 0. The van der Waals surface area contributed by atoms with Crippen molar-refractivity contribution in [3.05, 3.63) is 72.5 Å². The fourth-order valence-corrected chi connectivity index (χ4v) is 2.24. The second-order valence-corrected chi connectivity index (χ2v) is 4.34. The molecule has 0 N–H and O–H groups in total. The molecular weight excluding hydrogens is 220 g/mol. The van der Waals surface area contributed by atoms with Gasteiger partial charge in [0.2, 0.25) is 0 Å². The van der Waals surface area contributed by atoms with Gasteiger partial charge in [0, 0.05) is 5.56 Å². The summed E-state index contributed by atoms with van der Waals surface area (Å²) in [7, 11) is 0. The zero-order valence-electron chi connectivity index (χ0n) is 10.3. The fourth-order valence-electron chi connectivity index (χ4n) is 2.24. The molecule has 0 spiro atoms. The fraction of sp³-hybridized carbons (Fsp3) is 0.0588. The number of hydrogen-bond donors (Lipinski definition) is 0. The topological polar surface area (TPSA) is 13.1 Å². The summed E-state index contributed by atoms with van der Waals surface area (Å²) in [6.07, 6.45) is 1.71. The van der Waals surface area contributed by atoms with Gasteiger partial charge in [-0.2, -0.15) is 0 Å². The van der Waals surface area contributed by atoms with Gasteiger partial charge in [-0.05, 0) is 35.7 Å². The van der Waals surface area contributed by atoms with Crippen molar-refractivity contribution in [2.45, 2.75) is 6.92 Å². The Balaban J connectivity index is 2.22. The Kier molecular flexibility index (Phi) is 2.73. The van der Waals surface area contributed by atoms with Gasteiger partial charge >= 0.3 is 0 Å². The van der Waals surface area contributed by atoms with Gasteiger partial charge in [0.1, 0.15) is 5.76 Å². The van der Waals surface area contributed by atoms with Crippen LogP contribution in [0.2, 0.25) is 0 Å². The molecule has 1 heterocycles. The lowest BCUT2D eigenvalue weighted by Crippen LogP contribution is -1.86. The first-order chi connectivity index (χ1) is 8.86. The Hall–Kier alpha value is -2.28. The normalized spacial score (nSPS) is 10.5. The molecule has 1 aromatic heterocycles. The Labute approximate surface area is 107 Å². The summed E-state index contributed by atoms with van der Waals surface area (Å²) in [6, 6.07) is 20.7. The van der Waals surface area contributed by atoms with Gasteiger partial charge in [0.05, 0.1) is 6.26 Å². The quantitative estimate of drug-likeness (QED) is 0.613. The van der Waals surface area contributed by atoms with Crippen LogP contribution in [0.5, 0.6) is 0 Å². The van der Waals surface area contributed by atoms with E-state index in [9.17, 15) is 0 Å². The van der Waals surface area contributed by atoms with Crippen LogP contribution in [0.15, 0.2) is 71.3 Å². The van der Waals surface area contributed by atoms with Crippen molar-refractivity contribution in [3.8, 4) is 22.5 Å². The summed E-state index contributed by atoms with van der Waals surface area (Å²) in [5.74, 6) is 0.911. The lowest BCUT2D eigenvalue weighted by molar-refractivity contribution is 0.582. The molecule has 18 heavy (non-hydrogen) atoms. The molecule has 0 radical (unpaired) electrons. The third-order valence-electron chi connectivity index (χ3n) is 3.15. The van der Waals surface area contributed by atoms with E-state index in [1.165, 1.54) is 16.7 Å². The Morgan fingerprint density at radius 1 is 0.667 bits per heavy atom. The van der Waals surface area contributed by atoms with Crippen molar-refractivity contribution in [2.75, 3.05) is 0 Å². The highest BCUT2D eigenvalue weighted by atomic mass is 16.3. The zero-order valence-corrected chi connectivity index (χ0v) is 10.3. The molecule has 0 saturated carbocycles. The van der Waals surface area contributed by atoms with Gasteiger partial charge in [0.25, 0.3) is 0 Å². The SMILES string of the molecule is Cc1ccccc1-c1ccccc1-c1ccco1. The molecule has 0 unspecified atom stereocenters. The van der Waals surface area contributed by atoms with Crippen molar-refractivity contribution >= 4 is 0 Å². The first-order valence-electron chi connectivity index (χ1n) is 6.05. The molecule has 2 aromatic carbocycles. The van der Waals surface area contributed by atoms with E-state index in [4.69, 9.17) is 4.42 Å². The third kappa shape index (κ3) is 1.84. The second-order valence-electron chi connectivity index (χ2n) is 4.34. The van der Waals surface area contributed by atoms with Crippen LogP contribution in [0.4, 0.5) is 0 Å². The third-order valence-corrected chi connectivity index (χ3v) is 3.15. The molecule has 1 nitrogen and oxygen atoms in total. The number of benzene rings is 2. The lowest BCUT2D eigenvalue weighted by atomic mass is 9.95. The van der Waals surface area contributed by atoms with Gasteiger partial charge in [-0.25, -0.2) is 0 Å². The maximum absolute atomic E-state index is 5.52. The molecule has 0 aliphatic carbocycles. The first-order valence-corrected chi connectivity index (χ1v) is 6.05. The Morgan fingerprint density at radius 2 is 1.33 bits per heavy atom. The van der Waals surface area contributed by atoms with E-state index in [2.05, 4.69) is 49.4 Å². The van der Waals surface area contributed by atoms with Crippen molar-refractivity contribution in [1.82, 2.24) is 0 Å². The number of hydrogen-bond acceptors (Lipinski definition) is 1. The number of aryl methyl sites for hydroxylation is 1. The predicted octanol–water partition coefficient (Wildman–Crippen LogP) is 4.92. The van der Waals surface area contributed by atoms with E-state index in [0.29, 0.717) is 0 Å². The minimum Gasteiger partial charge on any atom is -0.464 e. The maximum atomic E-state index is 5.52. The molecule has 0 atom stereocenters. The average Bonchev–Trinajstić information content (AvgIpc) is 2.93. The minimum absolute atomic E-state index is 0.911. The summed E-state index contributed by atoms with van der Waals surface area (Å²) in [6.45, 7) is 2.13. The molecule has 0 saturated heterocycles. The number of rotatable bonds is 2. The standard InChI is InChI=1S/C17H14O/c1-13-7-2-3-8-14(13)15-9-4-5-10-16(15)17-11-6-12-18-17/h2-12H,1H3. The molecule has 3 aromatic rings. The van der Waals surface area contributed by atoms with Gasteiger partial charge in [-0.15, -0.1) is 0 Å². The van der Waals surface area contributed by atoms with Crippen molar-refractivity contribution in [1.29, 1.82) is 0 Å². The van der Waals surface area contributed by atoms with Crippen LogP contribution in [-0.4, -0.2) is 0 Å². The molecular formula is C17H14O. The van der Waals surface area contributed by atoms with E-state index >= 15 is 0 Å². The summed E-state index contributed by atoms with van der Waals surface area (Å²) in [5.41, 5.74) is 4.88. The van der Waals surface area contributed by atoms with Gasteiger partial charge in [0.15, 0.2) is 0 Å². The van der Waals surface area contributed by atoms with E-state index in [-0.39, 0.29) is 0 Å². The molecule has 0 aliphatic heterocycles. The van der Waals surface area contributed by atoms with Crippen LogP contribution in [0, 0.1) is 6.92 Å². The largest absolute Gasteiger partial charge is 0.464 e. The molecule has 0 amide bonds. The Morgan fingerprint density at radius 3 is 2.00 bits per heavy atom. The van der Waals surface area contributed by atoms with Gasteiger partial charge in [-0.3, -0.25) is 0 Å². The van der Waals surface area contributed by atoms with Crippen LogP contribution in [0.25, 0.3) is 22.5 Å². The molecule has 0 aliphatic rings. The van der Waals surface area contributed by atoms with Crippen LogP contribution in [-0.2, 0) is 0 Å². The highest BCUT2D eigenvalue weighted by Crippen LogP contribution is 2.33. The van der Waals surface area contributed by atoms with Crippen molar-refractivity contribution < 1.29 is 4.42 Å². The van der Waals surface area contributed by atoms with Crippen LogP contribution < -0.4 is 0 Å². The minimum atomic E-state index is 0.911. The maximum Gasteiger partial charge on any atom is 0.134 e. The zero-order chi connectivity index (χ0) is 12.4. The first kappa shape index (κ1) is 10.8. The molecule has 88 valence electrons. The summed E-state index contributed by atoms with van der Waals surface area (Å²) >= 11 is 0. The van der Waals surface area contributed by atoms with Crippen molar-refractivity contribution in [3.63, 3.8) is 0 Å². The van der Waals surface area contributed by atoms with E-state index in [1.54, 1.807) is 6.26 Å². The highest BCUT2D eigenvalue weighted by molar-refractivity contribution is 5.82. The average molecular weight is 234 g/mol. The smallest absolute Gasteiger partial charge is 0.134 e. The molecule has 3 rings (SSSR count). The Bertz CT molecular complexity index is 651. The van der Waals surface area contributed by atoms with Crippen LogP contribution >= 0.6 is 0 Å². The van der Waals surface area contributed by atoms with Crippen LogP contribution in [0.3, 0.4) is 0 Å². The predicted molar refractivity (Wildman–Crippen MR) is 74.3 cm³/mol. The summed E-state index contributed by atoms with van der Waals surface area (Å²) in [5, 5.41) is 0. The lowest BCUT2D eigenvalue weighted by Gasteiger charge is -2.10. The van der Waals surface area contributed by atoms with Crippen LogP contribution in [0.1, 0.15) is 5.56 Å². The highest BCUT2D eigenvalue weighted by Gasteiger charge is 2.09. The van der Waals surface area contributed by atoms with Gasteiger partial charge in [-0.1, -0.05) is 48.5 Å². The van der Waals surface area contributed by atoms with Gasteiger partial charge < -0.3 is 4.42 Å². The van der Waals surface area contributed by atoms with E-state index in [0.717, 1.165) is 11.3 Å². The van der Waals surface area contributed by atoms with E-state index in [1.807, 2.05) is 18.2 Å². The second kappa shape index (κ2) is 4.53.